The van der Waals surface area contributed by atoms with Crippen LogP contribution in [0.1, 0.15) is 24.8 Å². The summed E-state index contributed by atoms with van der Waals surface area (Å²) in [7, 11) is 2.03. The van der Waals surface area contributed by atoms with Crippen molar-refractivity contribution in [2.24, 2.45) is 5.92 Å². The van der Waals surface area contributed by atoms with Gasteiger partial charge in [-0.3, -0.25) is 4.84 Å². The van der Waals surface area contributed by atoms with Gasteiger partial charge in [0, 0.05) is 5.56 Å². The number of hydrogen-bond acceptors (Lipinski definition) is 1. The molecule has 0 radical (unpaired) electrons. The summed E-state index contributed by atoms with van der Waals surface area (Å²) in [5, 5.41) is 0. The zero-order valence-electron chi connectivity index (χ0n) is 9.02. The van der Waals surface area contributed by atoms with Gasteiger partial charge in [0.05, 0.1) is 5.92 Å². The lowest BCUT2D eigenvalue weighted by atomic mass is 9.94. The minimum atomic E-state index is 0.435. The zero-order valence-corrected chi connectivity index (χ0v) is 9.02. The summed E-state index contributed by atoms with van der Waals surface area (Å²) in [6.07, 6.45) is 4.23. The van der Waals surface area contributed by atoms with E-state index in [2.05, 4.69) is 30.3 Å². The molecule has 2 atom stereocenters. The number of fused-ring (bicyclic) bond motifs is 1. The molecule has 1 heterocycles. The van der Waals surface area contributed by atoms with Crippen LogP contribution in [0.3, 0.4) is 0 Å². The van der Waals surface area contributed by atoms with Crippen LogP contribution in [0, 0.1) is 5.92 Å². The van der Waals surface area contributed by atoms with Gasteiger partial charge >= 0.3 is 0 Å². The van der Waals surface area contributed by atoms with Gasteiger partial charge in [-0.1, -0.05) is 18.2 Å². The Kier molecular flexibility index (Phi) is 2.01. The fourth-order valence-corrected chi connectivity index (χ4v) is 2.86. The normalized spacial score (nSPS) is 29.1. The largest absolute Gasteiger partial charge is 0.273 e. The van der Waals surface area contributed by atoms with E-state index in [1.165, 1.54) is 30.5 Å². The Labute approximate surface area is 90.1 Å². The number of nitrogens with zero attached hydrogens (tertiary/aromatic N) is 1. The molecule has 0 saturated heterocycles. The summed E-state index contributed by atoms with van der Waals surface area (Å²) in [5.74, 6) is 0.623. The Morgan fingerprint density at radius 3 is 2.80 bits per heavy atom. The van der Waals surface area contributed by atoms with E-state index in [1.54, 1.807) is 0 Å². The molecule has 1 fully saturated rings. The lowest BCUT2D eigenvalue weighted by molar-refractivity contribution is -0.767. The molecular weight excluding hydrogens is 186 g/mol. The third-order valence-electron chi connectivity index (χ3n) is 3.51. The van der Waals surface area contributed by atoms with E-state index in [4.69, 9.17) is 4.84 Å². The van der Waals surface area contributed by atoms with Gasteiger partial charge in [0.2, 0.25) is 5.71 Å². The first-order chi connectivity index (χ1) is 7.36. The molecule has 15 heavy (non-hydrogen) atoms. The van der Waals surface area contributed by atoms with Gasteiger partial charge in [-0.25, -0.2) is 0 Å². The number of hydroxylamine groups is 1. The van der Waals surface area contributed by atoms with Crippen LogP contribution in [-0.2, 0) is 4.84 Å². The van der Waals surface area contributed by atoms with Crippen LogP contribution >= 0.6 is 0 Å². The maximum absolute atomic E-state index is 5.85. The van der Waals surface area contributed by atoms with E-state index < -0.39 is 0 Å². The highest BCUT2D eigenvalue weighted by Crippen LogP contribution is 2.35. The standard InChI is InChI=1S/C13H16NO/c1-14-13(10-6-3-2-4-7-10)11-8-5-9-12(11)15-14/h2-4,6-7,11-12H,5,8-9H2,1H3/q+1. The van der Waals surface area contributed by atoms with E-state index in [9.17, 15) is 0 Å². The predicted molar refractivity (Wildman–Crippen MR) is 58.9 cm³/mol. The third-order valence-corrected chi connectivity index (χ3v) is 3.51. The number of rotatable bonds is 1. The summed E-state index contributed by atoms with van der Waals surface area (Å²) in [6, 6.07) is 10.6. The second-order valence-electron chi connectivity index (χ2n) is 4.43. The van der Waals surface area contributed by atoms with Crippen molar-refractivity contribution in [2.75, 3.05) is 7.05 Å². The Morgan fingerprint density at radius 1 is 1.20 bits per heavy atom. The average Bonchev–Trinajstić information content (AvgIpc) is 2.78. The molecule has 1 aliphatic heterocycles. The van der Waals surface area contributed by atoms with Crippen LogP contribution in [0.5, 0.6) is 0 Å². The van der Waals surface area contributed by atoms with Crippen molar-refractivity contribution in [1.82, 2.24) is 0 Å². The zero-order chi connectivity index (χ0) is 10.3. The van der Waals surface area contributed by atoms with Gasteiger partial charge < -0.3 is 0 Å². The molecule has 0 amide bonds. The predicted octanol–water partition coefficient (Wildman–Crippen LogP) is 2.23. The minimum Gasteiger partial charge on any atom is -0.273 e. The molecule has 2 unspecified atom stereocenters. The minimum absolute atomic E-state index is 0.435. The Bertz CT molecular complexity index is 396. The summed E-state index contributed by atoms with van der Waals surface area (Å²) >= 11 is 0. The maximum atomic E-state index is 5.85. The molecule has 2 nitrogen and oxygen atoms in total. The van der Waals surface area contributed by atoms with Gasteiger partial charge in [-0.05, 0) is 36.1 Å². The first-order valence-electron chi connectivity index (χ1n) is 5.69. The van der Waals surface area contributed by atoms with Crippen molar-refractivity contribution in [2.45, 2.75) is 25.4 Å². The fourth-order valence-electron chi connectivity index (χ4n) is 2.86. The van der Waals surface area contributed by atoms with Crippen molar-refractivity contribution in [3.8, 4) is 0 Å². The Morgan fingerprint density at radius 2 is 2.00 bits per heavy atom. The Hall–Kier alpha value is -1.31. The smallest absolute Gasteiger partial charge is 0.241 e. The van der Waals surface area contributed by atoms with Gasteiger partial charge in [-0.2, -0.15) is 0 Å². The van der Waals surface area contributed by atoms with E-state index in [0.717, 1.165) is 0 Å². The first kappa shape index (κ1) is 8.96. The van der Waals surface area contributed by atoms with Gasteiger partial charge in [-0.15, -0.1) is 0 Å². The highest BCUT2D eigenvalue weighted by atomic mass is 16.7. The lowest BCUT2D eigenvalue weighted by Gasteiger charge is -2.02. The molecule has 1 aromatic carbocycles. The molecule has 2 aliphatic rings. The Balaban J connectivity index is 2.01. The molecular formula is C13H16NO+. The SMILES string of the molecule is C[N+]1=C(c2ccccc2)C2CCCC2O1. The van der Waals surface area contributed by atoms with Crippen LogP contribution in [0.15, 0.2) is 30.3 Å². The van der Waals surface area contributed by atoms with Crippen LogP contribution in [0.25, 0.3) is 0 Å². The maximum Gasteiger partial charge on any atom is 0.241 e. The molecule has 1 aromatic rings. The highest BCUT2D eigenvalue weighted by Gasteiger charge is 2.46. The summed E-state index contributed by atoms with van der Waals surface area (Å²) in [4.78, 5) is 5.85. The van der Waals surface area contributed by atoms with Gasteiger partial charge in [0.15, 0.2) is 13.2 Å². The van der Waals surface area contributed by atoms with Crippen molar-refractivity contribution in [3.05, 3.63) is 35.9 Å². The number of benzene rings is 1. The topological polar surface area (TPSA) is 12.2 Å². The summed E-state index contributed by atoms with van der Waals surface area (Å²) < 4.78 is 1.98. The van der Waals surface area contributed by atoms with Crippen LogP contribution < -0.4 is 0 Å². The van der Waals surface area contributed by atoms with Crippen molar-refractivity contribution in [1.29, 1.82) is 0 Å². The second-order valence-corrected chi connectivity index (χ2v) is 4.43. The molecule has 3 rings (SSSR count). The molecule has 0 N–H and O–H groups in total. The molecule has 0 aromatic heterocycles. The average molecular weight is 202 g/mol. The fraction of sp³-hybridized carbons (Fsp3) is 0.462. The van der Waals surface area contributed by atoms with Crippen molar-refractivity contribution in [3.63, 3.8) is 0 Å². The highest BCUT2D eigenvalue weighted by molar-refractivity contribution is 5.99. The van der Waals surface area contributed by atoms with E-state index in [-0.39, 0.29) is 0 Å². The molecule has 1 saturated carbocycles. The molecule has 2 heteroatoms. The molecule has 78 valence electrons. The summed E-state index contributed by atoms with van der Waals surface area (Å²) in [6.45, 7) is 0. The lowest BCUT2D eigenvalue weighted by Crippen LogP contribution is -2.18. The van der Waals surface area contributed by atoms with E-state index in [1.807, 2.05) is 11.8 Å². The van der Waals surface area contributed by atoms with Crippen LogP contribution in [0.4, 0.5) is 0 Å². The van der Waals surface area contributed by atoms with Gasteiger partial charge in [0.1, 0.15) is 0 Å². The second kappa shape index (κ2) is 3.37. The summed E-state index contributed by atoms with van der Waals surface area (Å²) in [5.41, 5.74) is 2.69. The van der Waals surface area contributed by atoms with E-state index >= 15 is 0 Å². The molecule has 1 aliphatic carbocycles. The third kappa shape index (κ3) is 1.36. The molecule has 0 spiro atoms. The van der Waals surface area contributed by atoms with Crippen molar-refractivity contribution >= 4 is 5.71 Å². The van der Waals surface area contributed by atoms with Crippen LogP contribution in [0.2, 0.25) is 0 Å². The quantitative estimate of drug-likeness (QED) is 0.636. The monoisotopic (exact) mass is 202 g/mol. The first-order valence-corrected chi connectivity index (χ1v) is 5.69. The molecule has 0 bridgehead atoms. The van der Waals surface area contributed by atoms with Crippen LogP contribution in [-0.4, -0.2) is 23.6 Å². The van der Waals surface area contributed by atoms with Gasteiger partial charge in [0.25, 0.3) is 0 Å². The van der Waals surface area contributed by atoms with Crippen molar-refractivity contribution < 1.29 is 9.58 Å². The van der Waals surface area contributed by atoms with E-state index in [0.29, 0.717) is 12.0 Å². The number of hydrogen-bond donors (Lipinski definition) is 0.